The van der Waals surface area contributed by atoms with Crippen molar-refractivity contribution in [2.75, 3.05) is 18.4 Å². The van der Waals surface area contributed by atoms with Gasteiger partial charge in [0.2, 0.25) is 5.91 Å². The third kappa shape index (κ3) is 4.07. The molecular weight excluding hydrogens is 292 g/mol. The van der Waals surface area contributed by atoms with Crippen molar-refractivity contribution >= 4 is 23.2 Å². The van der Waals surface area contributed by atoms with Crippen LogP contribution in [0.15, 0.2) is 23.6 Å². The van der Waals surface area contributed by atoms with Gasteiger partial charge in [-0.15, -0.1) is 6.58 Å². The van der Waals surface area contributed by atoms with E-state index in [0.717, 1.165) is 0 Å². The predicted molar refractivity (Wildman–Crippen MR) is 84.7 cm³/mol. The van der Waals surface area contributed by atoms with E-state index in [0.29, 0.717) is 18.8 Å². The number of rotatable bonds is 7. The molecule has 1 atom stereocenters. The van der Waals surface area contributed by atoms with Gasteiger partial charge >= 0.3 is 0 Å². The normalized spacial score (nSPS) is 11.8. The fraction of sp³-hybridized carbons (Fsp3) is 0.500. The first-order valence-electron chi connectivity index (χ1n) is 6.88. The third-order valence-electron chi connectivity index (χ3n) is 3.10. The van der Waals surface area contributed by atoms with Crippen molar-refractivity contribution < 1.29 is 4.79 Å². The monoisotopic (exact) mass is 312 g/mol. The Morgan fingerprint density at radius 3 is 2.71 bits per heavy atom. The summed E-state index contributed by atoms with van der Waals surface area (Å²) in [4.78, 5) is 25.8. The number of anilines is 1. The van der Waals surface area contributed by atoms with Gasteiger partial charge < -0.3 is 10.2 Å². The summed E-state index contributed by atoms with van der Waals surface area (Å²) in [7, 11) is 0. The summed E-state index contributed by atoms with van der Waals surface area (Å²) in [6.45, 7) is 10.7. The largest absolute Gasteiger partial charge is 0.371 e. The van der Waals surface area contributed by atoms with Crippen LogP contribution in [0.4, 0.5) is 5.69 Å². The van der Waals surface area contributed by atoms with E-state index in [-0.39, 0.29) is 17.5 Å². The van der Waals surface area contributed by atoms with Crippen LogP contribution in [0.3, 0.4) is 0 Å². The molecule has 0 saturated heterocycles. The highest BCUT2D eigenvalue weighted by Gasteiger charge is 2.19. The van der Waals surface area contributed by atoms with E-state index in [9.17, 15) is 9.59 Å². The second kappa shape index (κ2) is 7.83. The minimum atomic E-state index is -0.487. The summed E-state index contributed by atoms with van der Waals surface area (Å²) in [5.41, 5.74) is -0.0564. The Labute approximate surface area is 129 Å². The number of aromatic nitrogens is 2. The minimum Gasteiger partial charge on any atom is -0.371 e. The van der Waals surface area contributed by atoms with Crippen molar-refractivity contribution in [2.45, 2.75) is 33.4 Å². The second-order valence-electron chi connectivity index (χ2n) is 4.52. The highest BCUT2D eigenvalue weighted by Crippen LogP contribution is 2.16. The molecule has 0 bridgehead atoms. The predicted octanol–water partition coefficient (Wildman–Crippen LogP) is 1.75. The molecule has 21 heavy (non-hydrogen) atoms. The van der Waals surface area contributed by atoms with Gasteiger partial charge in [-0.2, -0.15) is 5.10 Å². The zero-order valence-electron chi connectivity index (χ0n) is 12.6. The summed E-state index contributed by atoms with van der Waals surface area (Å²) < 4.78 is 1.21. The molecule has 0 aliphatic heterocycles. The number of allylic oxidation sites excluding steroid dienone is 1. The number of hydrogen-bond donors (Lipinski definition) is 1. The van der Waals surface area contributed by atoms with Crippen molar-refractivity contribution in [1.82, 2.24) is 14.7 Å². The van der Waals surface area contributed by atoms with Gasteiger partial charge in [0, 0.05) is 13.1 Å². The summed E-state index contributed by atoms with van der Waals surface area (Å²) >= 11 is 6.04. The first-order valence-corrected chi connectivity index (χ1v) is 7.25. The lowest BCUT2D eigenvalue weighted by molar-refractivity contribution is -0.131. The molecule has 6 nitrogen and oxygen atoms in total. The fourth-order valence-corrected chi connectivity index (χ4v) is 2.12. The van der Waals surface area contributed by atoms with Crippen molar-refractivity contribution in [1.29, 1.82) is 0 Å². The SMILES string of the molecule is C=CCn1ncc(NC(C)C(=O)N(CC)CC)c(Cl)c1=O. The molecule has 0 aliphatic carbocycles. The Hall–Kier alpha value is -1.82. The maximum atomic E-state index is 12.2. The number of nitrogens with one attached hydrogen (secondary N) is 1. The number of nitrogens with zero attached hydrogens (tertiary/aromatic N) is 3. The Balaban J connectivity index is 2.93. The van der Waals surface area contributed by atoms with Crippen LogP contribution in [0.5, 0.6) is 0 Å². The number of halogens is 1. The molecule has 7 heteroatoms. The zero-order chi connectivity index (χ0) is 16.0. The summed E-state index contributed by atoms with van der Waals surface area (Å²) in [6, 6.07) is -0.487. The van der Waals surface area contributed by atoms with Gasteiger partial charge in [-0.3, -0.25) is 9.59 Å². The molecule has 0 aromatic carbocycles. The third-order valence-corrected chi connectivity index (χ3v) is 3.47. The molecule has 1 rings (SSSR count). The van der Waals surface area contributed by atoms with Crippen molar-refractivity contribution in [3.05, 3.63) is 34.2 Å². The highest BCUT2D eigenvalue weighted by molar-refractivity contribution is 6.33. The number of carbonyl (C=O) groups is 1. The first-order chi connectivity index (χ1) is 9.96. The first kappa shape index (κ1) is 17.2. The summed E-state index contributed by atoms with van der Waals surface area (Å²) in [5.74, 6) is -0.0497. The van der Waals surface area contributed by atoms with Gasteiger partial charge in [0.25, 0.3) is 5.56 Å². The van der Waals surface area contributed by atoms with Gasteiger partial charge in [0.1, 0.15) is 11.1 Å². The van der Waals surface area contributed by atoms with Crippen LogP contribution in [-0.2, 0) is 11.3 Å². The number of likely N-dealkylation sites (N-methyl/N-ethyl adjacent to an activating group) is 1. The van der Waals surface area contributed by atoms with Gasteiger partial charge in [0.05, 0.1) is 18.4 Å². The van der Waals surface area contributed by atoms with E-state index in [1.807, 2.05) is 13.8 Å². The molecule has 1 unspecified atom stereocenters. The second-order valence-corrected chi connectivity index (χ2v) is 4.90. The van der Waals surface area contributed by atoms with Crippen molar-refractivity contribution in [2.24, 2.45) is 0 Å². The topological polar surface area (TPSA) is 67.2 Å². The van der Waals surface area contributed by atoms with E-state index in [2.05, 4.69) is 17.0 Å². The molecular formula is C14H21ClN4O2. The van der Waals surface area contributed by atoms with Crippen molar-refractivity contribution in [3.8, 4) is 0 Å². The number of carbonyl (C=O) groups excluding carboxylic acids is 1. The smallest absolute Gasteiger partial charge is 0.287 e. The minimum absolute atomic E-state index is 0.0195. The van der Waals surface area contributed by atoms with E-state index < -0.39 is 11.6 Å². The lowest BCUT2D eigenvalue weighted by Gasteiger charge is -2.24. The van der Waals surface area contributed by atoms with Gasteiger partial charge in [0.15, 0.2) is 0 Å². The Bertz CT molecular complexity index is 567. The maximum Gasteiger partial charge on any atom is 0.287 e. The van der Waals surface area contributed by atoms with Crippen LogP contribution in [0.2, 0.25) is 5.02 Å². The Morgan fingerprint density at radius 2 is 2.19 bits per heavy atom. The van der Waals surface area contributed by atoms with Crippen LogP contribution in [0, 0.1) is 0 Å². The standard InChI is InChI=1S/C14H21ClN4O2/c1-5-8-19-14(21)12(15)11(9-16-19)17-10(4)13(20)18(6-2)7-3/h5,9-10,17H,1,6-8H2,2-4H3. The van der Waals surface area contributed by atoms with E-state index >= 15 is 0 Å². The average Bonchev–Trinajstić information content (AvgIpc) is 2.48. The van der Waals surface area contributed by atoms with Crippen LogP contribution in [-0.4, -0.2) is 39.7 Å². The molecule has 0 spiro atoms. The lowest BCUT2D eigenvalue weighted by atomic mass is 10.2. The molecule has 1 N–H and O–H groups in total. The summed E-state index contributed by atoms with van der Waals surface area (Å²) in [5, 5.41) is 6.95. The molecule has 0 radical (unpaired) electrons. The molecule has 1 amide bonds. The highest BCUT2D eigenvalue weighted by atomic mass is 35.5. The van der Waals surface area contributed by atoms with E-state index in [1.54, 1.807) is 17.9 Å². The molecule has 0 saturated carbocycles. The van der Waals surface area contributed by atoms with Crippen LogP contribution in [0.25, 0.3) is 0 Å². The maximum absolute atomic E-state index is 12.2. The number of hydrogen-bond acceptors (Lipinski definition) is 4. The quantitative estimate of drug-likeness (QED) is 0.779. The lowest BCUT2D eigenvalue weighted by Crippen LogP contribution is -2.41. The van der Waals surface area contributed by atoms with E-state index in [4.69, 9.17) is 11.6 Å². The molecule has 1 heterocycles. The fourth-order valence-electron chi connectivity index (χ4n) is 1.92. The molecule has 0 fully saturated rings. The van der Waals surface area contributed by atoms with Crippen LogP contribution >= 0.6 is 11.6 Å². The van der Waals surface area contributed by atoms with Gasteiger partial charge in [-0.25, -0.2) is 4.68 Å². The molecule has 116 valence electrons. The van der Waals surface area contributed by atoms with Crippen LogP contribution < -0.4 is 10.9 Å². The van der Waals surface area contributed by atoms with Crippen LogP contribution in [0.1, 0.15) is 20.8 Å². The summed E-state index contributed by atoms with van der Waals surface area (Å²) in [6.07, 6.45) is 3.00. The van der Waals surface area contributed by atoms with Gasteiger partial charge in [-0.1, -0.05) is 17.7 Å². The Morgan fingerprint density at radius 1 is 1.57 bits per heavy atom. The van der Waals surface area contributed by atoms with Crippen molar-refractivity contribution in [3.63, 3.8) is 0 Å². The van der Waals surface area contributed by atoms with E-state index in [1.165, 1.54) is 10.9 Å². The molecule has 1 aromatic heterocycles. The zero-order valence-corrected chi connectivity index (χ0v) is 13.4. The molecule has 1 aromatic rings. The molecule has 0 aliphatic rings. The van der Waals surface area contributed by atoms with Gasteiger partial charge in [-0.05, 0) is 20.8 Å². The average molecular weight is 313 g/mol. The Kier molecular flexibility index (Phi) is 6.42. The number of amides is 1.